The molecule has 1 aromatic heterocycles. The molecule has 0 saturated carbocycles. The van der Waals surface area contributed by atoms with Crippen LogP contribution in [-0.2, 0) is 11.3 Å². The second-order valence-corrected chi connectivity index (χ2v) is 5.39. The molecular weight excluding hydrogens is 272 g/mol. The number of carbonyl (C=O) groups excluding carboxylic acids is 1. The van der Waals surface area contributed by atoms with Crippen LogP contribution in [0.2, 0.25) is 0 Å². The average Bonchev–Trinajstić information content (AvgIpc) is 2.87. The average molecular weight is 284 g/mol. The Hall–Kier alpha value is -2.40. The van der Waals surface area contributed by atoms with Gasteiger partial charge < -0.3 is 10.5 Å². The van der Waals surface area contributed by atoms with Gasteiger partial charge in [0.05, 0.1) is 15.8 Å². The van der Waals surface area contributed by atoms with Gasteiger partial charge in [-0.15, -0.1) is 11.3 Å². The van der Waals surface area contributed by atoms with Crippen LogP contribution in [0.3, 0.4) is 0 Å². The van der Waals surface area contributed by atoms with Crippen molar-refractivity contribution in [3.63, 3.8) is 0 Å². The highest BCUT2D eigenvalue weighted by atomic mass is 32.1. The predicted molar refractivity (Wildman–Crippen MR) is 79.6 cm³/mol. The second-order valence-electron chi connectivity index (χ2n) is 4.28. The van der Waals surface area contributed by atoms with Crippen LogP contribution in [0.5, 0.6) is 0 Å². The van der Waals surface area contributed by atoms with Crippen molar-refractivity contribution in [2.24, 2.45) is 0 Å². The Labute approximate surface area is 119 Å². The number of carbonyl (C=O) groups is 1. The summed E-state index contributed by atoms with van der Waals surface area (Å²) in [7, 11) is 0. The number of rotatable bonds is 3. The minimum atomic E-state index is -0.343. The first kappa shape index (κ1) is 12.6. The standard InChI is InChI=1S/C15H12N2O2S/c16-11-6-7-12-13(8-11)20-14(17-12)9-19-15(18)10-4-2-1-3-5-10/h1-8H,9,16H2. The minimum absolute atomic E-state index is 0.174. The lowest BCUT2D eigenvalue weighted by Crippen LogP contribution is -2.04. The third-order valence-electron chi connectivity index (χ3n) is 2.79. The van der Waals surface area contributed by atoms with Gasteiger partial charge in [0.25, 0.3) is 0 Å². The van der Waals surface area contributed by atoms with Crippen LogP contribution in [-0.4, -0.2) is 11.0 Å². The van der Waals surface area contributed by atoms with E-state index >= 15 is 0 Å². The third kappa shape index (κ3) is 2.62. The van der Waals surface area contributed by atoms with Gasteiger partial charge in [-0.3, -0.25) is 0 Å². The first-order valence-electron chi connectivity index (χ1n) is 6.09. The van der Waals surface area contributed by atoms with Crippen LogP contribution in [0.15, 0.2) is 48.5 Å². The second kappa shape index (κ2) is 5.30. The molecular formula is C15H12N2O2S. The predicted octanol–water partition coefficient (Wildman–Crippen LogP) is 3.24. The van der Waals surface area contributed by atoms with Crippen molar-refractivity contribution in [2.45, 2.75) is 6.61 Å². The first-order chi connectivity index (χ1) is 9.72. The van der Waals surface area contributed by atoms with Crippen molar-refractivity contribution in [1.82, 2.24) is 4.98 Å². The van der Waals surface area contributed by atoms with Crippen LogP contribution in [0.4, 0.5) is 5.69 Å². The molecule has 20 heavy (non-hydrogen) atoms. The van der Waals surface area contributed by atoms with Gasteiger partial charge in [-0.2, -0.15) is 0 Å². The molecule has 0 bridgehead atoms. The van der Waals surface area contributed by atoms with E-state index in [9.17, 15) is 4.79 Å². The smallest absolute Gasteiger partial charge is 0.338 e. The molecule has 0 atom stereocenters. The highest BCUT2D eigenvalue weighted by molar-refractivity contribution is 7.18. The zero-order valence-corrected chi connectivity index (χ0v) is 11.4. The van der Waals surface area contributed by atoms with Crippen LogP contribution >= 0.6 is 11.3 Å². The van der Waals surface area contributed by atoms with E-state index in [0.29, 0.717) is 11.3 Å². The summed E-state index contributed by atoms with van der Waals surface area (Å²) >= 11 is 1.48. The van der Waals surface area contributed by atoms with Crippen molar-refractivity contribution in [3.05, 3.63) is 59.1 Å². The van der Waals surface area contributed by atoms with Crippen molar-refractivity contribution in [1.29, 1.82) is 0 Å². The zero-order valence-electron chi connectivity index (χ0n) is 10.6. The summed E-state index contributed by atoms with van der Waals surface area (Å²) in [5.41, 5.74) is 7.84. The van der Waals surface area contributed by atoms with E-state index < -0.39 is 0 Å². The lowest BCUT2D eigenvalue weighted by molar-refractivity contribution is 0.0472. The molecule has 0 unspecified atom stereocenters. The zero-order chi connectivity index (χ0) is 13.9. The Morgan fingerprint density at radius 1 is 1.20 bits per heavy atom. The van der Waals surface area contributed by atoms with Gasteiger partial charge in [-0.25, -0.2) is 9.78 Å². The Kier molecular flexibility index (Phi) is 3.35. The van der Waals surface area contributed by atoms with Gasteiger partial charge in [0.2, 0.25) is 0 Å². The summed E-state index contributed by atoms with van der Waals surface area (Å²) in [6.07, 6.45) is 0. The Morgan fingerprint density at radius 2 is 2.00 bits per heavy atom. The number of anilines is 1. The maximum absolute atomic E-state index is 11.8. The maximum Gasteiger partial charge on any atom is 0.338 e. The summed E-state index contributed by atoms with van der Waals surface area (Å²) in [6.45, 7) is 0.174. The third-order valence-corrected chi connectivity index (χ3v) is 3.78. The monoisotopic (exact) mass is 284 g/mol. The van der Waals surface area contributed by atoms with Crippen molar-refractivity contribution >= 4 is 33.2 Å². The molecule has 4 nitrogen and oxygen atoms in total. The fourth-order valence-corrected chi connectivity index (χ4v) is 2.76. The Balaban J connectivity index is 1.72. The lowest BCUT2D eigenvalue weighted by Gasteiger charge is -2.01. The molecule has 5 heteroatoms. The summed E-state index contributed by atoms with van der Waals surface area (Å²) < 4.78 is 6.25. The van der Waals surface area contributed by atoms with E-state index in [4.69, 9.17) is 10.5 Å². The molecule has 2 aromatic carbocycles. The number of benzene rings is 2. The number of thiazole rings is 1. The largest absolute Gasteiger partial charge is 0.455 e. The van der Waals surface area contributed by atoms with Gasteiger partial charge in [-0.1, -0.05) is 18.2 Å². The van der Waals surface area contributed by atoms with Gasteiger partial charge in [0.15, 0.2) is 0 Å². The first-order valence-corrected chi connectivity index (χ1v) is 6.91. The fourth-order valence-electron chi connectivity index (χ4n) is 1.84. The van der Waals surface area contributed by atoms with E-state index in [1.54, 1.807) is 24.3 Å². The van der Waals surface area contributed by atoms with Crippen LogP contribution < -0.4 is 5.73 Å². The molecule has 0 aliphatic carbocycles. The summed E-state index contributed by atoms with van der Waals surface area (Å²) in [4.78, 5) is 16.2. The van der Waals surface area contributed by atoms with Gasteiger partial charge >= 0.3 is 5.97 Å². The molecule has 0 fully saturated rings. The molecule has 0 aliphatic heterocycles. The highest BCUT2D eigenvalue weighted by Gasteiger charge is 2.09. The van der Waals surface area contributed by atoms with E-state index in [-0.39, 0.29) is 12.6 Å². The van der Waals surface area contributed by atoms with Crippen LogP contribution in [0.1, 0.15) is 15.4 Å². The van der Waals surface area contributed by atoms with E-state index in [2.05, 4.69) is 4.98 Å². The highest BCUT2D eigenvalue weighted by Crippen LogP contribution is 2.24. The number of hydrogen-bond donors (Lipinski definition) is 1. The molecule has 0 radical (unpaired) electrons. The maximum atomic E-state index is 11.8. The lowest BCUT2D eigenvalue weighted by atomic mass is 10.2. The summed E-state index contributed by atoms with van der Waals surface area (Å²) in [6, 6.07) is 14.5. The van der Waals surface area contributed by atoms with Crippen LogP contribution in [0.25, 0.3) is 10.2 Å². The number of aromatic nitrogens is 1. The van der Waals surface area contributed by atoms with E-state index in [0.717, 1.165) is 15.2 Å². The molecule has 3 aromatic rings. The number of fused-ring (bicyclic) bond motifs is 1. The Morgan fingerprint density at radius 3 is 2.80 bits per heavy atom. The van der Waals surface area contributed by atoms with Gasteiger partial charge in [0.1, 0.15) is 11.6 Å². The topological polar surface area (TPSA) is 65.2 Å². The molecule has 0 saturated heterocycles. The normalized spacial score (nSPS) is 10.6. The van der Waals surface area contributed by atoms with Gasteiger partial charge in [-0.05, 0) is 30.3 Å². The molecule has 2 N–H and O–H groups in total. The molecule has 100 valence electrons. The molecule has 0 spiro atoms. The number of ether oxygens (including phenoxy) is 1. The number of hydrogen-bond acceptors (Lipinski definition) is 5. The number of esters is 1. The minimum Gasteiger partial charge on any atom is -0.455 e. The van der Waals surface area contributed by atoms with Crippen molar-refractivity contribution in [2.75, 3.05) is 5.73 Å². The summed E-state index contributed by atoms with van der Waals surface area (Å²) in [5, 5.41) is 0.759. The molecule has 0 aliphatic rings. The fraction of sp³-hybridized carbons (Fsp3) is 0.0667. The van der Waals surface area contributed by atoms with Crippen molar-refractivity contribution < 1.29 is 9.53 Å². The van der Waals surface area contributed by atoms with Gasteiger partial charge in [0, 0.05) is 5.69 Å². The SMILES string of the molecule is Nc1ccc2nc(COC(=O)c3ccccc3)sc2c1. The van der Waals surface area contributed by atoms with E-state index in [1.807, 2.05) is 24.3 Å². The molecule has 0 amide bonds. The Bertz CT molecular complexity index is 753. The summed E-state index contributed by atoms with van der Waals surface area (Å²) in [5.74, 6) is -0.343. The van der Waals surface area contributed by atoms with Crippen molar-refractivity contribution in [3.8, 4) is 0 Å². The number of nitrogens with two attached hydrogens (primary N) is 1. The molecule has 3 rings (SSSR count). The quantitative estimate of drug-likeness (QED) is 0.592. The molecule has 1 heterocycles. The number of nitrogen functional groups attached to an aromatic ring is 1. The number of nitrogens with zero attached hydrogens (tertiary/aromatic N) is 1. The van der Waals surface area contributed by atoms with Crippen LogP contribution in [0, 0.1) is 0 Å². The van der Waals surface area contributed by atoms with E-state index in [1.165, 1.54) is 11.3 Å².